The average Bonchev–Trinajstić information content (AvgIpc) is 3.33. The molecule has 2 aromatic rings. The fourth-order valence-corrected chi connectivity index (χ4v) is 3.39. The Morgan fingerprint density at radius 1 is 1.28 bits per heavy atom. The van der Waals surface area contributed by atoms with Gasteiger partial charge in [0, 0.05) is 18.8 Å². The van der Waals surface area contributed by atoms with Gasteiger partial charge in [-0.1, -0.05) is 12.1 Å². The molecule has 1 aromatic carbocycles. The van der Waals surface area contributed by atoms with Crippen LogP contribution in [0.25, 0.3) is 0 Å². The maximum atomic E-state index is 12.7. The lowest BCUT2D eigenvalue weighted by molar-refractivity contribution is -0.123. The Hall–Kier alpha value is -2.30. The Morgan fingerprint density at radius 2 is 2.04 bits per heavy atom. The lowest BCUT2D eigenvalue weighted by Crippen LogP contribution is -2.35. The second kappa shape index (κ2) is 6.90. The van der Waals surface area contributed by atoms with Crippen LogP contribution in [0, 0.1) is 20.8 Å². The van der Waals surface area contributed by atoms with Crippen LogP contribution >= 0.6 is 0 Å². The fourth-order valence-electron chi connectivity index (χ4n) is 3.39. The first-order valence-electron chi connectivity index (χ1n) is 8.91. The molecule has 0 atom stereocenters. The van der Waals surface area contributed by atoms with Crippen molar-refractivity contribution in [3.05, 3.63) is 46.8 Å². The van der Waals surface area contributed by atoms with Gasteiger partial charge < -0.3 is 10.1 Å². The number of rotatable bonds is 7. The highest BCUT2D eigenvalue weighted by Crippen LogP contribution is 2.49. The number of nitrogens with one attached hydrogen (secondary N) is 1. The van der Waals surface area contributed by atoms with E-state index in [4.69, 9.17) is 4.74 Å². The van der Waals surface area contributed by atoms with Crippen molar-refractivity contribution in [2.24, 2.45) is 0 Å². The van der Waals surface area contributed by atoms with Crippen LogP contribution in [0.15, 0.2) is 24.3 Å². The number of carbonyl (C=O) groups excluding carboxylic acids is 1. The first-order valence-corrected chi connectivity index (χ1v) is 8.91. The summed E-state index contributed by atoms with van der Waals surface area (Å²) in [4.78, 5) is 12.7. The summed E-state index contributed by atoms with van der Waals surface area (Å²) < 4.78 is 7.41. The molecule has 1 N–H and O–H groups in total. The molecule has 1 heterocycles. The van der Waals surface area contributed by atoms with Gasteiger partial charge in [-0.2, -0.15) is 5.10 Å². The van der Waals surface area contributed by atoms with Crippen LogP contribution < -0.4 is 10.1 Å². The van der Waals surface area contributed by atoms with E-state index in [2.05, 4.69) is 29.5 Å². The topological polar surface area (TPSA) is 56.1 Å². The number of ether oxygens (including phenoxy) is 1. The summed E-state index contributed by atoms with van der Waals surface area (Å²) in [6.45, 7) is 7.56. The van der Waals surface area contributed by atoms with E-state index in [9.17, 15) is 4.79 Å². The van der Waals surface area contributed by atoms with Crippen LogP contribution in [0.1, 0.15) is 41.8 Å². The largest absolute Gasteiger partial charge is 0.496 e. The molecule has 0 unspecified atom stereocenters. The minimum Gasteiger partial charge on any atom is -0.496 e. The summed E-state index contributed by atoms with van der Waals surface area (Å²) in [7, 11) is 1.67. The van der Waals surface area contributed by atoms with E-state index in [1.54, 1.807) is 7.11 Å². The molecule has 0 bridgehead atoms. The first-order chi connectivity index (χ1) is 12.0. The quantitative estimate of drug-likeness (QED) is 0.788. The summed E-state index contributed by atoms with van der Waals surface area (Å²) in [5.41, 5.74) is 3.98. The number of aromatic nitrogens is 2. The van der Waals surface area contributed by atoms with Crippen molar-refractivity contribution in [3.63, 3.8) is 0 Å². The molecular weight excluding hydrogens is 314 g/mol. The number of hydrogen-bond acceptors (Lipinski definition) is 3. The van der Waals surface area contributed by atoms with E-state index in [0.717, 1.165) is 54.1 Å². The highest BCUT2D eigenvalue weighted by atomic mass is 16.5. The Bertz CT molecular complexity index is 775. The van der Waals surface area contributed by atoms with Crippen molar-refractivity contribution in [1.82, 2.24) is 15.1 Å². The van der Waals surface area contributed by atoms with Crippen LogP contribution in [-0.2, 0) is 16.8 Å². The van der Waals surface area contributed by atoms with E-state index in [1.807, 2.05) is 30.7 Å². The van der Waals surface area contributed by atoms with Crippen molar-refractivity contribution in [2.75, 3.05) is 13.7 Å². The summed E-state index contributed by atoms with van der Waals surface area (Å²) in [5, 5.41) is 7.56. The molecule has 1 saturated carbocycles. The fraction of sp³-hybridized carbons (Fsp3) is 0.500. The molecule has 5 nitrogen and oxygen atoms in total. The van der Waals surface area contributed by atoms with Gasteiger partial charge in [-0.25, -0.2) is 0 Å². The zero-order valence-electron chi connectivity index (χ0n) is 15.6. The second-order valence-corrected chi connectivity index (χ2v) is 7.03. The molecule has 0 spiro atoms. The van der Waals surface area contributed by atoms with Crippen LogP contribution in [0.2, 0.25) is 0 Å². The van der Waals surface area contributed by atoms with Crippen molar-refractivity contribution in [2.45, 2.75) is 52.0 Å². The third-order valence-corrected chi connectivity index (χ3v) is 5.08. The summed E-state index contributed by atoms with van der Waals surface area (Å²) in [6.07, 6.45) is 2.69. The van der Waals surface area contributed by atoms with E-state index in [-0.39, 0.29) is 11.3 Å². The molecule has 5 heteroatoms. The Morgan fingerprint density at radius 3 is 2.64 bits per heavy atom. The highest BCUT2D eigenvalue weighted by molar-refractivity contribution is 5.91. The smallest absolute Gasteiger partial charge is 0.230 e. The molecule has 1 aliphatic rings. The zero-order valence-corrected chi connectivity index (χ0v) is 15.6. The molecule has 3 rings (SSSR count). The molecule has 1 aliphatic carbocycles. The molecule has 134 valence electrons. The molecule has 1 aromatic heterocycles. The number of methoxy groups -OCH3 is 1. The first kappa shape index (κ1) is 17.5. The molecule has 0 saturated heterocycles. The molecule has 0 aliphatic heterocycles. The summed E-state index contributed by atoms with van der Waals surface area (Å²) >= 11 is 0. The number of hydrogen-bond donors (Lipinski definition) is 1. The van der Waals surface area contributed by atoms with E-state index in [0.29, 0.717) is 6.54 Å². The Labute approximate surface area is 149 Å². The van der Waals surface area contributed by atoms with Crippen LogP contribution in [0.3, 0.4) is 0 Å². The minimum absolute atomic E-state index is 0.131. The average molecular weight is 341 g/mol. The van der Waals surface area contributed by atoms with Gasteiger partial charge in [0.25, 0.3) is 0 Å². The zero-order chi connectivity index (χ0) is 18.0. The summed E-state index contributed by atoms with van der Waals surface area (Å²) in [5.74, 6) is 0.980. The van der Waals surface area contributed by atoms with Gasteiger partial charge >= 0.3 is 0 Å². The predicted molar refractivity (Wildman–Crippen MR) is 98.0 cm³/mol. The molecule has 25 heavy (non-hydrogen) atoms. The lowest BCUT2D eigenvalue weighted by atomic mass is 9.93. The monoisotopic (exact) mass is 341 g/mol. The van der Waals surface area contributed by atoms with Crippen molar-refractivity contribution >= 4 is 5.91 Å². The maximum Gasteiger partial charge on any atom is 0.230 e. The second-order valence-electron chi connectivity index (χ2n) is 7.03. The van der Waals surface area contributed by atoms with E-state index < -0.39 is 0 Å². The predicted octanol–water partition coefficient (Wildman–Crippen LogP) is 3.06. The van der Waals surface area contributed by atoms with Crippen molar-refractivity contribution in [1.29, 1.82) is 0 Å². The SMILES string of the molecule is COc1cc(C2(C(=O)NCCCn3nc(C)cc3C)CC2)ccc1C. The van der Waals surface area contributed by atoms with Crippen LogP contribution in [0.5, 0.6) is 5.75 Å². The van der Waals surface area contributed by atoms with Crippen LogP contribution in [0.4, 0.5) is 0 Å². The highest BCUT2D eigenvalue weighted by Gasteiger charge is 2.51. The van der Waals surface area contributed by atoms with E-state index in [1.165, 1.54) is 0 Å². The molecular formula is C20H27N3O2. The van der Waals surface area contributed by atoms with Crippen molar-refractivity contribution in [3.8, 4) is 5.75 Å². The van der Waals surface area contributed by atoms with Crippen LogP contribution in [-0.4, -0.2) is 29.3 Å². The number of amides is 1. The van der Waals surface area contributed by atoms with E-state index >= 15 is 0 Å². The molecule has 1 amide bonds. The van der Waals surface area contributed by atoms with Gasteiger partial charge in [-0.15, -0.1) is 0 Å². The van der Waals surface area contributed by atoms with Gasteiger partial charge in [0.15, 0.2) is 0 Å². The summed E-state index contributed by atoms with van der Waals surface area (Å²) in [6, 6.07) is 8.17. The lowest BCUT2D eigenvalue weighted by Gasteiger charge is -2.17. The third-order valence-electron chi connectivity index (χ3n) is 5.08. The molecule has 1 fully saturated rings. The third kappa shape index (κ3) is 3.55. The Kier molecular flexibility index (Phi) is 4.84. The number of benzene rings is 1. The van der Waals surface area contributed by atoms with Gasteiger partial charge in [0.1, 0.15) is 5.75 Å². The molecule has 0 radical (unpaired) electrons. The van der Waals surface area contributed by atoms with Gasteiger partial charge in [0.2, 0.25) is 5.91 Å². The number of aryl methyl sites for hydroxylation is 4. The van der Waals surface area contributed by atoms with Gasteiger partial charge in [0.05, 0.1) is 18.2 Å². The standard InChI is InChI=1S/C20H27N3O2/c1-14-6-7-17(13-18(14)25-4)20(8-9-20)19(24)21-10-5-11-23-16(3)12-15(2)22-23/h6-7,12-13H,5,8-11H2,1-4H3,(H,21,24). The number of carbonyl (C=O) groups is 1. The Balaban J connectivity index is 1.57. The number of nitrogens with zero attached hydrogens (tertiary/aromatic N) is 2. The van der Waals surface area contributed by atoms with Gasteiger partial charge in [-0.3, -0.25) is 9.48 Å². The minimum atomic E-state index is -0.362. The maximum absolute atomic E-state index is 12.7. The van der Waals surface area contributed by atoms with Crippen molar-refractivity contribution < 1.29 is 9.53 Å². The normalized spacial score (nSPS) is 15.0. The van der Waals surface area contributed by atoms with Gasteiger partial charge in [-0.05, 0) is 63.3 Å².